The number of likely N-dealkylation sites (tertiary alicyclic amines) is 1. The van der Waals surface area contributed by atoms with Crippen LogP contribution in [0.25, 0.3) is 21.6 Å². The quantitative estimate of drug-likeness (QED) is 0.329. The molecule has 1 unspecified atom stereocenters. The molecule has 2 aromatic carbocycles. The molecule has 1 atom stereocenters. The highest BCUT2D eigenvalue weighted by atomic mass is 32.3. The van der Waals surface area contributed by atoms with E-state index in [0.29, 0.717) is 17.7 Å². The molecule has 34 heavy (non-hydrogen) atoms. The van der Waals surface area contributed by atoms with Crippen LogP contribution in [0.4, 0.5) is 5.69 Å². The zero-order valence-corrected chi connectivity index (χ0v) is 21.4. The molecule has 0 saturated carbocycles. The van der Waals surface area contributed by atoms with Gasteiger partial charge in [0.05, 0.1) is 27.9 Å². The Labute approximate surface area is 208 Å². The summed E-state index contributed by atoms with van der Waals surface area (Å²) in [5.41, 5.74) is 3.87. The van der Waals surface area contributed by atoms with Crippen LogP contribution in [0, 0.1) is 13.8 Å². The fourth-order valence-corrected chi connectivity index (χ4v) is 6.88. The number of benzene rings is 2. The third-order valence-electron chi connectivity index (χ3n) is 6.12. The van der Waals surface area contributed by atoms with Crippen LogP contribution >= 0.6 is 24.2 Å². The summed E-state index contributed by atoms with van der Waals surface area (Å²) in [6, 6.07) is 12.5. The zero-order valence-electron chi connectivity index (χ0n) is 18.9. The lowest BCUT2D eigenvalue weighted by Gasteiger charge is -2.19. The van der Waals surface area contributed by atoms with Crippen LogP contribution in [0.3, 0.4) is 0 Å². The molecule has 1 aliphatic heterocycles. The lowest BCUT2D eigenvalue weighted by Crippen LogP contribution is -2.21. The summed E-state index contributed by atoms with van der Waals surface area (Å²) in [4.78, 5) is 11.5. The first-order valence-electron chi connectivity index (χ1n) is 11.0. The van der Waals surface area contributed by atoms with Gasteiger partial charge >= 0.3 is 0 Å². The number of thiazole rings is 1. The first kappa shape index (κ1) is 23.4. The topological polar surface area (TPSA) is 89.5 Å². The summed E-state index contributed by atoms with van der Waals surface area (Å²) in [5.74, 6) is 0. The highest BCUT2D eigenvalue weighted by Gasteiger charge is 2.26. The molecular formula is C24H26N4O3S3. The van der Waals surface area contributed by atoms with Gasteiger partial charge in [0.25, 0.3) is 10.0 Å². The SMILES string of the molecule is Cc1cccc(S(=O)(=O)N(S)c2ccc(C)c3cc(-c4ncc(CN5CCC(O)C5)s4)[nH]c23)c1. The monoisotopic (exact) mass is 514 g/mol. The minimum atomic E-state index is -3.85. The van der Waals surface area contributed by atoms with E-state index in [9.17, 15) is 13.5 Å². The van der Waals surface area contributed by atoms with Crippen LogP contribution in [-0.4, -0.2) is 47.6 Å². The maximum Gasteiger partial charge on any atom is 0.273 e. The number of aliphatic hydroxyl groups excluding tert-OH is 1. The zero-order chi connectivity index (χ0) is 24.0. The van der Waals surface area contributed by atoms with E-state index in [2.05, 4.69) is 27.7 Å². The Kier molecular flexibility index (Phi) is 6.19. The Bertz CT molecular complexity index is 1460. The van der Waals surface area contributed by atoms with E-state index in [1.54, 1.807) is 35.6 Å². The van der Waals surface area contributed by atoms with E-state index < -0.39 is 10.0 Å². The normalized spacial score (nSPS) is 17.0. The molecule has 1 saturated heterocycles. The first-order valence-corrected chi connectivity index (χ1v) is 13.7. The molecule has 3 heterocycles. The van der Waals surface area contributed by atoms with Crippen LogP contribution in [0.2, 0.25) is 0 Å². The van der Waals surface area contributed by atoms with E-state index in [1.165, 1.54) is 0 Å². The van der Waals surface area contributed by atoms with Crippen molar-refractivity contribution in [3.05, 3.63) is 64.7 Å². The fraction of sp³-hybridized carbons (Fsp3) is 0.292. The molecule has 10 heteroatoms. The van der Waals surface area contributed by atoms with Gasteiger partial charge in [-0.1, -0.05) is 18.2 Å². The molecule has 2 aromatic heterocycles. The van der Waals surface area contributed by atoms with Gasteiger partial charge in [-0.2, -0.15) is 0 Å². The minimum absolute atomic E-state index is 0.194. The standard InChI is InChI=1S/C24H26N4O3S3/c1-15-4-3-5-19(10-15)34(30,31)28(32)22-7-6-16(2)20-11-21(26-23(20)22)24-25-12-18(33-24)14-27-9-8-17(29)13-27/h3-7,10-12,17,26,29,32H,8-9,13-14H2,1-2H3. The number of fused-ring (bicyclic) bond motifs is 1. The van der Waals surface area contributed by atoms with Gasteiger partial charge in [-0.25, -0.2) is 17.1 Å². The van der Waals surface area contributed by atoms with E-state index in [4.69, 9.17) is 0 Å². The summed E-state index contributed by atoms with van der Waals surface area (Å²) in [5, 5.41) is 11.5. The molecule has 4 aromatic rings. The molecule has 1 aliphatic rings. The molecular weight excluding hydrogens is 488 g/mol. The van der Waals surface area contributed by atoms with Gasteiger partial charge in [0.1, 0.15) is 5.01 Å². The van der Waals surface area contributed by atoms with Gasteiger partial charge in [0.15, 0.2) is 0 Å². The number of H-pyrrole nitrogens is 1. The molecule has 5 rings (SSSR count). The highest BCUT2D eigenvalue weighted by molar-refractivity contribution is 8.06. The predicted octanol–water partition coefficient (Wildman–Crippen LogP) is 4.51. The maximum absolute atomic E-state index is 13.3. The summed E-state index contributed by atoms with van der Waals surface area (Å²) >= 11 is 6.01. The number of aromatic nitrogens is 2. The minimum Gasteiger partial charge on any atom is -0.392 e. The summed E-state index contributed by atoms with van der Waals surface area (Å²) in [7, 11) is -3.85. The van der Waals surface area contributed by atoms with Crippen LogP contribution < -0.4 is 3.71 Å². The van der Waals surface area contributed by atoms with Gasteiger partial charge in [-0.3, -0.25) is 4.90 Å². The first-order chi connectivity index (χ1) is 16.2. The number of sulfonamides is 1. The van der Waals surface area contributed by atoms with Crippen molar-refractivity contribution in [2.24, 2.45) is 0 Å². The molecule has 0 spiro atoms. The lowest BCUT2D eigenvalue weighted by atomic mass is 10.1. The smallest absolute Gasteiger partial charge is 0.273 e. The second-order valence-electron chi connectivity index (χ2n) is 8.75. The van der Waals surface area contributed by atoms with E-state index >= 15 is 0 Å². The number of hydrogen-bond acceptors (Lipinski definition) is 7. The highest BCUT2D eigenvalue weighted by Crippen LogP contribution is 2.37. The third kappa shape index (κ3) is 4.36. The number of aromatic amines is 1. The number of rotatable bonds is 6. The summed E-state index contributed by atoms with van der Waals surface area (Å²) in [6.07, 6.45) is 2.43. The van der Waals surface area contributed by atoms with E-state index in [-0.39, 0.29) is 11.0 Å². The molecule has 0 bridgehead atoms. The van der Waals surface area contributed by atoms with Crippen LogP contribution in [0.1, 0.15) is 22.4 Å². The molecule has 0 aliphatic carbocycles. The van der Waals surface area contributed by atoms with Gasteiger partial charge in [-0.15, -0.1) is 11.3 Å². The van der Waals surface area contributed by atoms with Crippen molar-refractivity contribution in [1.82, 2.24) is 14.9 Å². The number of aliphatic hydroxyl groups is 1. The van der Waals surface area contributed by atoms with E-state index in [0.717, 1.165) is 55.3 Å². The average molecular weight is 515 g/mol. The lowest BCUT2D eigenvalue weighted by molar-refractivity contribution is 0.175. The Morgan fingerprint density at radius 3 is 2.82 bits per heavy atom. The average Bonchev–Trinajstić information content (AvgIpc) is 3.54. The molecule has 2 N–H and O–H groups in total. The second-order valence-corrected chi connectivity index (χ2v) is 12.3. The van der Waals surface area contributed by atoms with Crippen molar-refractivity contribution in [3.63, 3.8) is 0 Å². The number of anilines is 1. The largest absolute Gasteiger partial charge is 0.392 e. The van der Waals surface area contributed by atoms with Crippen LogP contribution in [0.5, 0.6) is 0 Å². The predicted molar refractivity (Wildman–Crippen MR) is 140 cm³/mol. The number of nitrogens with zero attached hydrogens (tertiary/aromatic N) is 3. The van der Waals surface area contributed by atoms with Gasteiger partial charge in [0, 0.05) is 36.1 Å². The fourth-order valence-electron chi connectivity index (χ4n) is 4.31. The van der Waals surface area contributed by atoms with Crippen molar-refractivity contribution in [2.45, 2.75) is 37.8 Å². The molecule has 1 fully saturated rings. The number of thiol groups is 1. The van der Waals surface area contributed by atoms with Gasteiger partial charge in [-0.05, 0) is 68.5 Å². The van der Waals surface area contributed by atoms with Crippen molar-refractivity contribution >= 4 is 50.8 Å². The maximum atomic E-state index is 13.3. The van der Waals surface area contributed by atoms with Crippen LogP contribution in [-0.2, 0) is 16.6 Å². The molecule has 0 radical (unpaired) electrons. The van der Waals surface area contributed by atoms with Crippen molar-refractivity contribution in [1.29, 1.82) is 0 Å². The summed E-state index contributed by atoms with van der Waals surface area (Å²) < 4.78 is 27.6. The number of hydrogen-bond donors (Lipinski definition) is 3. The Morgan fingerprint density at radius 2 is 2.09 bits per heavy atom. The third-order valence-corrected chi connectivity index (χ3v) is 9.50. The molecule has 7 nitrogen and oxygen atoms in total. The summed E-state index contributed by atoms with van der Waals surface area (Å²) in [6.45, 7) is 6.19. The van der Waals surface area contributed by atoms with Crippen molar-refractivity contribution in [3.8, 4) is 10.7 Å². The van der Waals surface area contributed by atoms with Gasteiger partial charge in [0.2, 0.25) is 0 Å². The van der Waals surface area contributed by atoms with E-state index in [1.807, 2.05) is 38.2 Å². The van der Waals surface area contributed by atoms with Crippen molar-refractivity contribution < 1.29 is 13.5 Å². The van der Waals surface area contributed by atoms with Crippen LogP contribution in [0.15, 0.2) is 53.6 Å². The molecule has 178 valence electrons. The van der Waals surface area contributed by atoms with Crippen molar-refractivity contribution in [2.75, 3.05) is 16.8 Å². The molecule has 0 amide bonds. The Balaban J connectivity index is 1.49. The Morgan fingerprint density at radius 1 is 1.26 bits per heavy atom. The number of aryl methyl sites for hydroxylation is 2. The Hall–Kier alpha value is -2.37. The number of nitrogens with one attached hydrogen (secondary N) is 1. The second kappa shape index (κ2) is 9.01. The number of β-amino-alcohol motifs (C(OH)–C–C–N with tert-alkyl or cyclic N) is 1. The van der Waals surface area contributed by atoms with Gasteiger partial charge < -0.3 is 10.1 Å².